The van der Waals surface area contributed by atoms with Gasteiger partial charge in [0.1, 0.15) is 17.1 Å². The summed E-state index contributed by atoms with van der Waals surface area (Å²) in [5.41, 5.74) is 0.129. The average molecular weight is 218 g/mol. The van der Waals surface area contributed by atoms with Gasteiger partial charge in [0.25, 0.3) is 0 Å². The number of carboxylic acids is 1. The van der Waals surface area contributed by atoms with Gasteiger partial charge in [0.15, 0.2) is 0 Å². The molecule has 0 fully saturated rings. The highest BCUT2D eigenvalue weighted by molar-refractivity contribution is 7.12. The van der Waals surface area contributed by atoms with Crippen LogP contribution in [-0.2, 0) is 0 Å². The van der Waals surface area contributed by atoms with E-state index in [4.69, 9.17) is 15.3 Å². The van der Waals surface area contributed by atoms with Crippen LogP contribution in [0.4, 0.5) is 0 Å². The number of thiophene rings is 1. The predicted octanol–water partition coefficient (Wildman–Crippen LogP) is -0.167. The van der Waals surface area contributed by atoms with Gasteiger partial charge >= 0.3 is 5.97 Å². The summed E-state index contributed by atoms with van der Waals surface area (Å²) in [4.78, 5) is 10.6. The third kappa shape index (κ3) is 2.10. The van der Waals surface area contributed by atoms with Gasteiger partial charge in [-0.3, -0.25) is 0 Å². The topological polar surface area (TPSA) is 98.0 Å². The van der Waals surface area contributed by atoms with Crippen molar-refractivity contribution in [2.24, 2.45) is 0 Å². The van der Waals surface area contributed by atoms with Gasteiger partial charge in [0, 0.05) is 5.56 Å². The third-order valence-corrected chi connectivity index (χ3v) is 2.68. The quantitative estimate of drug-likeness (QED) is 0.562. The highest BCUT2D eigenvalue weighted by atomic mass is 32.1. The molecule has 0 bridgehead atoms. The Morgan fingerprint density at radius 3 is 2.64 bits per heavy atom. The molecule has 14 heavy (non-hydrogen) atoms. The number of aliphatic hydroxyl groups is 3. The van der Waals surface area contributed by atoms with E-state index in [2.05, 4.69) is 0 Å². The Kier molecular flexibility index (Phi) is 3.59. The van der Waals surface area contributed by atoms with Crippen LogP contribution in [0.25, 0.3) is 0 Å². The van der Waals surface area contributed by atoms with Crippen molar-refractivity contribution in [2.45, 2.75) is 12.2 Å². The minimum absolute atomic E-state index is 0.0231. The maximum atomic E-state index is 10.7. The minimum atomic E-state index is -1.36. The molecule has 0 saturated heterocycles. The molecule has 0 aliphatic rings. The maximum absolute atomic E-state index is 10.7. The largest absolute Gasteiger partial charge is 0.477 e. The van der Waals surface area contributed by atoms with E-state index >= 15 is 0 Å². The Labute approximate surface area is 83.9 Å². The first-order valence-corrected chi connectivity index (χ1v) is 4.73. The third-order valence-electron chi connectivity index (χ3n) is 1.76. The first kappa shape index (κ1) is 11.1. The first-order chi connectivity index (χ1) is 6.57. The van der Waals surface area contributed by atoms with E-state index < -0.39 is 24.8 Å². The molecule has 0 radical (unpaired) electrons. The lowest BCUT2D eigenvalue weighted by Gasteiger charge is -2.14. The highest BCUT2D eigenvalue weighted by Gasteiger charge is 2.23. The van der Waals surface area contributed by atoms with Crippen LogP contribution in [0.2, 0.25) is 0 Å². The monoisotopic (exact) mass is 218 g/mol. The molecule has 5 nitrogen and oxygen atoms in total. The van der Waals surface area contributed by atoms with E-state index in [1.807, 2.05) is 0 Å². The second kappa shape index (κ2) is 4.52. The molecule has 78 valence electrons. The normalized spacial score (nSPS) is 15.1. The molecule has 2 atom stereocenters. The Balaban J connectivity index is 2.94. The van der Waals surface area contributed by atoms with Gasteiger partial charge in [-0.2, -0.15) is 0 Å². The summed E-state index contributed by atoms with van der Waals surface area (Å²) in [5, 5.41) is 37.4. The summed E-state index contributed by atoms with van der Waals surface area (Å²) in [5.74, 6) is -1.15. The van der Waals surface area contributed by atoms with E-state index in [0.29, 0.717) is 0 Å². The summed E-state index contributed by atoms with van der Waals surface area (Å²) >= 11 is 0.962. The van der Waals surface area contributed by atoms with Crippen molar-refractivity contribution < 1.29 is 25.2 Å². The van der Waals surface area contributed by atoms with Crippen LogP contribution in [0.5, 0.6) is 0 Å². The molecule has 1 rings (SSSR count). The molecule has 0 aliphatic carbocycles. The number of aliphatic hydroxyl groups excluding tert-OH is 3. The lowest BCUT2D eigenvalue weighted by Crippen LogP contribution is -2.22. The van der Waals surface area contributed by atoms with Crippen molar-refractivity contribution in [3.63, 3.8) is 0 Å². The van der Waals surface area contributed by atoms with Crippen LogP contribution in [-0.4, -0.2) is 39.1 Å². The molecule has 1 aromatic rings. The van der Waals surface area contributed by atoms with E-state index in [9.17, 15) is 9.90 Å². The van der Waals surface area contributed by atoms with E-state index in [-0.39, 0.29) is 10.4 Å². The summed E-state index contributed by atoms with van der Waals surface area (Å²) in [6, 6.07) is 1.41. The summed E-state index contributed by atoms with van der Waals surface area (Å²) < 4.78 is 0. The zero-order valence-electron chi connectivity index (χ0n) is 7.12. The second-order valence-corrected chi connectivity index (χ2v) is 3.62. The Hall–Kier alpha value is -0.950. The van der Waals surface area contributed by atoms with Crippen molar-refractivity contribution in [3.8, 4) is 0 Å². The molecule has 1 heterocycles. The van der Waals surface area contributed by atoms with E-state index in [1.165, 1.54) is 11.4 Å². The zero-order valence-corrected chi connectivity index (χ0v) is 7.94. The van der Waals surface area contributed by atoms with Crippen molar-refractivity contribution in [1.29, 1.82) is 0 Å². The lowest BCUT2D eigenvalue weighted by atomic mass is 10.1. The zero-order chi connectivity index (χ0) is 10.7. The van der Waals surface area contributed by atoms with E-state index in [0.717, 1.165) is 11.3 Å². The molecule has 0 spiro atoms. The number of aromatic carboxylic acids is 1. The van der Waals surface area contributed by atoms with Gasteiger partial charge in [-0.05, 0) is 11.4 Å². The Morgan fingerprint density at radius 1 is 1.50 bits per heavy atom. The molecule has 0 aromatic carbocycles. The van der Waals surface area contributed by atoms with E-state index in [1.54, 1.807) is 0 Å². The Morgan fingerprint density at radius 2 is 2.14 bits per heavy atom. The molecular formula is C8H10O5S. The molecule has 6 heteroatoms. The van der Waals surface area contributed by atoms with Crippen LogP contribution < -0.4 is 0 Å². The SMILES string of the molecule is O=C(O)c1sccc1C(O)C(O)CO. The summed E-state index contributed by atoms with van der Waals surface area (Å²) in [6.07, 6.45) is -2.72. The molecule has 2 unspecified atom stereocenters. The van der Waals surface area contributed by atoms with Gasteiger partial charge in [-0.1, -0.05) is 0 Å². The van der Waals surface area contributed by atoms with Crippen LogP contribution in [0, 0.1) is 0 Å². The van der Waals surface area contributed by atoms with Crippen molar-refractivity contribution in [3.05, 3.63) is 21.9 Å². The number of hydrogen-bond acceptors (Lipinski definition) is 5. The van der Waals surface area contributed by atoms with Gasteiger partial charge in [0.05, 0.1) is 6.61 Å². The van der Waals surface area contributed by atoms with Crippen LogP contribution >= 0.6 is 11.3 Å². The van der Waals surface area contributed by atoms with Gasteiger partial charge in [-0.15, -0.1) is 11.3 Å². The molecular weight excluding hydrogens is 208 g/mol. The maximum Gasteiger partial charge on any atom is 0.346 e. The average Bonchev–Trinajstić information content (AvgIpc) is 2.63. The van der Waals surface area contributed by atoms with Crippen LogP contribution in [0.3, 0.4) is 0 Å². The smallest absolute Gasteiger partial charge is 0.346 e. The van der Waals surface area contributed by atoms with Crippen molar-refractivity contribution in [2.75, 3.05) is 6.61 Å². The fraction of sp³-hybridized carbons (Fsp3) is 0.375. The summed E-state index contributed by atoms with van der Waals surface area (Å²) in [7, 11) is 0. The Bertz CT molecular complexity index is 321. The fourth-order valence-electron chi connectivity index (χ4n) is 1.03. The summed E-state index contributed by atoms with van der Waals surface area (Å²) in [6.45, 7) is -0.615. The number of rotatable bonds is 4. The number of hydrogen-bond donors (Lipinski definition) is 4. The van der Waals surface area contributed by atoms with Crippen LogP contribution in [0.1, 0.15) is 21.3 Å². The molecule has 0 aliphatic heterocycles. The second-order valence-electron chi connectivity index (χ2n) is 2.70. The molecule has 0 amide bonds. The van der Waals surface area contributed by atoms with Gasteiger partial charge in [-0.25, -0.2) is 4.79 Å². The van der Waals surface area contributed by atoms with Crippen molar-refractivity contribution >= 4 is 17.3 Å². The molecule has 1 aromatic heterocycles. The molecule has 0 saturated carbocycles. The van der Waals surface area contributed by atoms with Crippen LogP contribution in [0.15, 0.2) is 11.4 Å². The highest BCUT2D eigenvalue weighted by Crippen LogP contribution is 2.25. The first-order valence-electron chi connectivity index (χ1n) is 3.85. The number of carboxylic acid groups (broad SMARTS) is 1. The minimum Gasteiger partial charge on any atom is -0.477 e. The van der Waals surface area contributed by atoms with Gasteiger partial charge < -0.3 is 20.4 Å². The number of carbonyl (C=O) groups is 1. The molecule has 4 N–H and O–H groups in total. The predicted molar refractivity (Wildman–Crippen MR) is 49.3 cm³/mol. The van der Waals surface area contributed by atoms with Gasteiger partial charge in [0.2, 0.25) is 0 Å². The lowest BCUT2D eigenvalue weighted by molar-refractivity contribution is -0.0155. The van der Waals surface area contributed by atoms with Crippen molar-refractivity contribution in [1.82, 2.24) is 0 Å². The fourth-order valence-corrected chi connectivity index (χ4v) is 1.81. The standard InChI is InChI=1S/C8H10O5S/c9-3-5(10)6(11)4-1-2-14-7(4)8(12)13/h1-2,5-6,9-11H,3H2,(H,12,13).